The molecule has 1 aliphatic rings. The summed E-state index contributed by atoms with van der Waals surface area (Å²) in [4.78, 5) is 17.6. The van der Waals surface area contributed by atoms with E-state index >= 15 is 0 Å². The highest BCUT2D eigenvalue weighted by molar-refractivity contribution is 7.22. The molecule has 0 saturated heterocycles. The molecule has 1 aliphatic heterocycles. The summed E-state index contributed by atoms with van der Waals surface area (Å²) >= 11 is 13.9. The van der Waals surface area contributed by atoms with Crippen LogP contribution in [0.1, 0.15) is 16.1 Å². The van der Waals surface area contributed by atoms with Crippen LogP contribution in [0, 0.1) is 6.92 Å². The molecule has 1 N–H and O–H groups in total. The Bertz CT molecular complexity index is 1240. The molecule has 7 nitrogen and oxygen atoms in total. The summed E-state index contributed by atoms with van der Waals surface area (Å²) in [6, 6.07) is 8.73. The van der Waals surface area contributed by atoms with Gasteiger partial charge in [0.05, 0.1) is 20.3 Å². The van der Waals surface area contributed by atoms with Crippen LogP contribution in [0.3, 0.4) is 0 Å². The van der Waals surface area contributed by atoms with Crippen LogP contribution in [0.5, 0.6) is 11.5 Å². The van der Waals surface area contributed by atoms with Crippen molar-refractivity contribution in [3.8, 4) is 22.8 Å². The van der Waals surface area contributed by atoms with E-state index in [1.165, 1.54) is 11.3 Å². The number of hydrogen-bond donors (Lipinski definition) is 1. The molecule has 0 saturated carbocycles. The van der Waals surface area contributed by atoms with E-state index in [-0.39, 0.29) is 11.3 Å². The van der Waals surface area contributed by atoms with Gasteiger partial charge in [0.1, 0.15) is 30.2 Å². The second-order valence-corrected chi connectivity index (χ2v) is 8.34. The monoisotopic (exact) mass is 461 g/mol. The smallest absolute Gasteiger partial charge is 0.263 e. The second kappa shape index (κ2) is 7.46. The molecular formula is C20H13Cl2N3O4S. The van der Waals surface area contributed by atoms with Crippen LogP contribution in [0.4, 0.5) is 5.13 Å². The predicted molar refractivity (Wildman–Crippen MR) is 115 cm³/mol. The number of fused-ring (bicyclic) bond motifs is 2. The summed E-state index contributed by atoms with van der Waals surface area (Å²) in [6.45, 7) is 2.64. The SMILES string of the molecule is Cc1onc(-c2c(Cl)cccc2Cl)c1C(=O)Nc1nc2cc3c(cc2s1)OCCO3. The molecule has 0 fully saturated rings. The Kier molecular flexibility index (Phi) is 4.77. The van der Waals surface area contributed by atoms with Crippen LogP contribution < -0.4 is 14.8 Å². The fraction of sp³-hybridized carbons (Fsp3) is 0.150. The summed E-state index contributed by atoms with van der Waals surface area (Å²) in [6.07, 6.45) is 0. The zero-order chi connectivity index (χ0) is 20.8. The van der Waals surface area contributed by atoms with Crippen LogP contribution in [-0.4, -0.2) is 29.3 Å². The largest absolute Gasteiger partial charge is 0.486 e. The first-order chi connectivity index (χ1) is 14.5. The highest BCUT2D eigenvalue weighted by Crippen LogP contribution is 2.39. The van der Waals surface area contributed by atoms with Gasteiger partial charge in [-0.25, -0.2) is 4.98 Å². The van der Waals surface area contributed by atoms with E-state index in [2.05, 4.69) is 15.5 Å². The summed E-state index contributed by atoms with van der Waals surface area (Å²) < 4.78 is 17.3. The highest BCUT2D eigenvalue weighted by atomic mass is 35.5. The van der Waals surface area contributed by atoms with E-state index in [4.69, 9.17) is 37.2 Å². The number of anilines is 1. The maximum Gasteiger partial charge on any atom is 0.263 e. The van der Waals surface area contributed by atoms with Gasteiger partial charge in [-0.2, -0.15) is 0 Å². The number of thiazole rings is 1. The Hall–Kier alpha value is -2.81. The highest BCUT2D eigenvalue weighted by Gasteiger charge is 2.26. The van der Waals surface area contributed by atoms with Gasteiger partial charge in [-0.15, -0.1) is 0 Å². The molecule has 152 valence electrons. The van der Waals surface area contributed by atoms with Gasteiger partial charge in [-0.3, -0.25) is 10.1 Å². The Balaban J connectivity index is 1.50. The van der Waals surface area contributed by atoms with E-state index < -0.39 is 5.91 Å². The number of amides is 1. The first kappa shape index (κ1) is 19.2. The summed E-state index contributed by atoms with van der Waals surface area (Å²) in [5.41, 5.74) is 1.67. The van der Waals surface area contributed by atoms with Gasteiger partial charge in [-0.05, 0) is 19.1 Å². The van der Waals surface area contributed by atoms with E-state index in [9.17, 15) is 4.79 Å². The molecule has 30 heavy (non-hydrogen) atoms. The van der Waals surface area contributed by atoms with Gasteiger partial charge >= 0.3 is 0 Å². The van der Waals surface area contributed by atoms with Crippen LogP contribution >= 0.6 is 34.5 Å². The van der Waals surface area contributed by atoms with Crippen molar-refractivity contribution < 1.29 is 18.8 Å². The molecule has 0 radical (unpaired) electrons. The number of ether oxygens (including phenoxy) is 2. The third-order valence-electron chi connectivity index (χ3n) is 4.56. The van der Waals surface area contributed by atoms with Crippen molar-refractivity contribution >= 4 is 55.8 Å². The molecule has 3 heterocycles. The lowest BCUT2D eigenvalue weighted by atomic mass is 10.1. The zero-order valence-corrected chi connectivity index (χ0v) is 17.8. The normalized spacial score (nSPS) is 12.9. The number of benzene rings is 2. The van der Waals surface area contributed by atoms with Gasteiger partial charge in [0, 0.05) is 17.7 Å². The van der Waals surface area contributed by atoms with Gasteiger partial charge in [0.2, 0.25) is 0 Å². The summed E-state index contributed by atoms with van der Waals surface area (Å²) in [5.74, 6) is 1.23. The number of rotatable bonds is 3. The van der Waals surface area contributed by atoms with Crippen LogP contribution in [0.2, 0.25) is 10.0 Å². The molecule has 0 spiro atoms. The fourth-order valence-corrected chi connectivity index (χ4v) is 4.66. The van der Waals surface area contributed by atoms with E-state index in [1.807, 2.05) is 6.07 Å². The minimum atomic E-state index is -0.420. The van der Waals surface area contributed by atoms with Crippen LogP contribution in [0.15, 0.2) is 34.9 Å². The van der Waals surface area contributed by atoms with E-state index in [1.54, 1.807) is 31.2 Å². The van der Waals surface area contributed by atoms with Gasteiger partial charge < -0.3 is 14.0 Å². The van der Waals surface area contributed by atoms with Gasteiger partial charge in [-0.1, -0.05) is 45.8 Å². The van der Waals surface area contributed by atoms with Crippen LogP contribution in [0.25, 0.3) is 21.5 Å². The molecular weight excluding hydrogens is 449 g/mol. The maximum atomic E-state index is 13.1. The first-order valence-corrected chi connectivity index (χ1v) is 10.5. The van der Waals surface area contributed by atoms with Crippen molar-refractivity contribution in [3.63, 3.8) is 0 Å². The lowest BCUT2D eigenvalue weighted by Crippen LogP contribution is -2.15. The molecule has 4 aromatic rings. The first-order valence-electron chi connectivity index (χ1n) is 8.93. The quantitative estimate of drug-likeness (QED) is 0.427. The Morgan fingerprint density at radius 2 is 1.83 bits per heavy atom. The van der Waals surface area contributed by atoms with Gasteiger partial charge in [0.15, 0.2) is 16.6 Å². The lowest BCUT2D eigenvalue weighted by molar-refractivity contribution is 0.102. The molecule has 0 unspecified atom stereocenters. The van der Waals surface area contributed by atoms with Crippen molar-refractivity contribution in [1.29, 1.82) is 0 Å². The van der Waals surface area contributed by atoms with Crippen molar-refractivity contribution in [2.45, 2.75) is 6.92 Å². The van der Waals surface area contributed by atoms with Crippen LogP contribution in [-0.2, 0) is 0 Å². The number of aromatic nitrogens is 2. The van der Waals surface area contributed by atoms with E-state index in [0.717, 1.165) is 4.70 Å². The summed E-state index contributed by atoms with van der Waals surface area (Å²) in [7, 11) is 0. The number of nitrogens with zero attached hydrogens (tertiary/aromatic N) is 2. The Morgan fingerprint density at radius 3 is 2.57 bits per heavy atom. The van der Waals surface area contributed by atoms with Gasteiger partial charge in [0.25, 0.3) is 5.91 Å². The molecule has 10 heteroatoms. The maximum absolute atomic E-state index is 13.1. The summed E-state index contributed by atoms with van der Waals surface area (Å²) in [5, 5.41) is 7.99. The average Bonchev–Trinajstić information content (AvgIpc) is 3.28. The molecule has 2 aromatic heterocycles. The molecule has 1 amide bonds. The predicted octanol–water partition coefficient (Wildman–Crippen LogP) is 5.59. The number of nitrogens with one attached hydrogen (secondary N) is 1. The number of aryl methyl sites for hydroxylation is 1. The minimum absolute atomic E-state index is 0.246. The number of carbonyl (C=O) groups excluding carboxylic acids is 1. The Labute approximate surface area is 184 Å². The molecule has 2 aromatic carbocycles. The zero-order valence-electron chi connectivity index (χ0n) is 15.5. The topological polar surface area (TPSA) is 86.5 Å². The number of carbonyl (C=O) groups is 1. The molecule has 5 rings (SSSR count). The number of hydrogen-bond acceptors (Lipinski definition) is 7. The third kappa shape index (κ3) is 3.27. The number of halogens is 2. The van der Waals surface area contributed by atoms with E-state index in [0.29, 0.717) is 56.7 Å². The fourth-order valence-electron chi connectivity index (χ4n) is 3.21. The molecule has 0 bridgehead atoms. The van der Waals surface area contributed by atoms with Crippen molar-refractivity contribution in [2.75, 3.05) is 18.5 Å². The third-order valence-corrected chi connectivity index (χ3v) is 6.13. The second-order valence-electron chi connectivity index (χ2n) is 6.50. The molecule has 0 atom stereocenters. The lowest BCUT2D eigenvalue weighted by Gasteiger charge is -2.17. The average molecular weight is 462 g/mol. The standard InChI is InChI=1S/C20H13Cl2N3O4S/c1-9-16(18(25-29-9)17-10(21)3-2-4-11(17)22)19(26)24-20-23-12-7-13-14(8-15(12)30-20)28-6-5-27-13/h2-4,7-8H,5-6H2,1H3,(H,23,24,26). The minimum Gasteiger partial charge on any atom is -0.486 e. The Morgan fingerprint density at radius 1 is 1.13 bits per heavy atom. The molecule has 0 aliphatic carbocycles. The van der Waals surface area contributed by atoms with Crippen molar-refractivity contribution in [3.05, 3.63) is 51.7 Å². The van der Waals surface area contributed by atoms with Crippen molar-refractivity contribution in [1.82, 2.24) is 10.1 Å². The van der Waals surface area contributed by atoms with Crippen molar-refractivity contribution in [2.24, 2.45) is 0 Å².